The molecule has 0 heterocycles. The Balaban J connectivity index is 1.77. The Morgan fingerprint density at radius 1 is 0.960 bits per heavy atom. The number of thioether (sulfide) groups is 1. The molecule has 0 aliphatic carbocycles. The second-order valence-corrected chi connectivity index (χ2v) is 5.90. The van der Waals surface area contributed by atoms with Gasteiger partial charge >= 0.3 is 5.97 Å². The predicted octanol–water partition coefficient (Wildman–Crippen LogP) is 4.19. The molecule has 0 unspecified atom stereocenters. The van der Waals surface area contributed by atoms with Crippen molar-refractivity contribution >= 4 is 17.7 Å². The maximum atomic E-state index is 11.9. The monoisotopic (exact) mass is 356 g/mol. The van der Waals surface area contributed by atoms with E-state index in [4.69, 9.17) is 14.2 Å². The van der Waals surface area contributed by atoms with Gasteiger partial charge in [0.25, 0.3) is 0 Å². The van der Waals surface area contributed by atoms with E-state index in [-0.39, 0.29) is 11.7 Å². The Morgan fingerprint density at radius 2 is 1.56 bits per heavy atom. The first-order chi connectivity index (χ1) is 12.2. The van der Waals surface area contributed by atoms with Crippen LogP contribution in [0.15, 0.2) is 53.4 Å². The van der Waals surface area contributed by atoms with Crippen molar-refractivity contribution < 1.29 is 19.0 Å². The summed E-state index contributed by atoms with van der Waals surface area (Å²) in [6, 6.07) is 14.5. The largest absolute Gasteiger partial charge is 0.494 e. The molecule has 0 N–H and O–H groups in total. The van der Waals surface area contributed by atoms with Crippen molar-refractivity contribution in [3.8, 4) is 29.1 Å². The fraction of sp³-hybridized carbons (Fsp3) is 0.250. The fourth-order valence-corrected chi connectivity index (χ4v) is 2.57. The lowest BCUT2D eigenvalue weighted by atomic mass is 10.3. The molecule has 0 bridgehead atoms. The van der Waals surface area contributed by atoms with Crippen LogP contribution in [0.1, 0.15) is 13.8 Å². The lowest BCUT2D eigenvalue weighted by Crippen LogP contribution is -2.10. The highest BCUT2D eigenvalue weighted by molar-refractivity contribution is 8.00. The molecule has 2 aromatic carbocycles. The third kappa shape index (κ3) is 6.82. The first-order valence-electron chi connectivity index (χ1n) is 7.90. The van der Waals surface area contributed by atoms with Crippen molar-refractivity contribution in [3.05, 3.63) is 48.5 Å². The molecule has 0 saturated heterocycles. The van der Waals surface area contributed by atoms with E-state index in [9.17, 15) is 4.79 Å². The molecule has 2 rings (SSSR count). The Morgan fingerprint density at radius 3 is 2.20 bits per heavy atom. The quantitative estimate of drug-likeness (QED) is 0.307. The molecule has 5 heteroatoms. The molecule has 0 aliphatic rings. The number of esters is 1. The van der Waals surface area contributed by atoms with Crippen LogP contribution < -0.4 is 14.2 Å². The van der Waals surface area contributed by atoms with Gasteiger partial charge in [0.2, 0.25) is 0 Å². The summed E-state index contributed by atoms with van der Waals surface area (Å²) in [7, 11) is 0. The molecule has 2 aromatic rings. The van der Waals surface area contributed by atoms with Crippen LogP contribution in [-0.4, -0.2) is 24.9 Å². The zero-order chi connectivity index (χ0) is 17.9. The molecule has 0 fully saturated rings. The average Bonchev–Trinajstić information content (AvgIpc) is 2.63. The number of hydrogen-bond acceptors (Lipinski definition) is 5. The summed E-state index contributed by atoms with van der Waals surface area (Å²) in [5.41, 5.74) is 0. The summed E-state index contributed by atoms with van der Waals surface area (Å²) in [5.74, 6) is 7.56. The number of carbonyl (C=O) groups excluding carboxylic acids is 1. The molecule has 25 heavy (non-hydrogen) atoms. The van der Waals surface area contributed by atoms with E-state index in [1.807, 2.05) is 31.2 Å². The minimum Gasteiger partial charge on any atom is -0.494 e. The van der Waals surface area contributed by atoms with Crippen LogP contribution in [-0.2, 0) is 4.79 Å². The second-order valence-electron chi connectivity index (χ2n) is 4.85. The highest BCUT2D eigenvalue weighted by Crippen LogP contribution is 2.22. The van der Waals surface area contributed by atoms with Gasteiger partial charge in [-0.05, 0) is 62.4 Å². The van der Waals surface area contributed by atoms with Crippen LogP contribution in [0.4, 0.5) is 0 Å². The Labute approximate surface area is 152 Å². The Hall–Kier alpha value is -2.58. The van der Waals surface area contributed by atoms with Crippen molar-refractivity contribution in [2.45, 2.75) is 18.7 Å². The molecule has 0 atom stereocenters. The van der Waals surface area contributed by atoms with Crippen LogP contribution in [0.3, 0.4) is 0 Å². The third-order valence-corrected chi connectivity index (χ3v) is 4.02. The van der Waals surface area contributed by atoms with E-state index in [0.29, 0.717) is 19.0 Å². The van der Waals surface area contributed by atoms with Crippen molar-refractivity contribution in [2.24, 2.45) is 0 Å². The van der Waals surface area contributed by atoms with Crippen molar-refractivity contribution in [2.75, 3.05) is 19.0 Å². The SMILES string of the molecule is CC#CCOc1ccc(SCC(=O)Oc2ccc(OCC)cc2)cc1. The maximum absolute atomic E-state index is 11.9. The van der Waals surface area contributed by atoms with Crippen LogP contribution >= 0.6 is 11.8 Å². The highest BCUT2D eigenvalue weighted by Gasteiger charge is 2.07. The van der Waals surface area contributed by atoms with Crippen molar-refractivity contribution in [1.29, 1.82) is 0 Å². The molecule has 0 amide bonds. The van der Waals surface area contributed by atoms with Crippen molar-refractivity contribution in [1.82, 2.24) is 0 Å². The van der Waals surface area contributed by atoms with E-state index >= 15 is 0 Å². The van der Waals surface area contributed by atoms with Gasteiger partial charge in [0.05, 0.1) is 12.4 Å². The molecule has 0 radical (unpaired) electrons. The molecule has 0 spiro atoms. The van der Waals surface area contributed by atoms with Crippen LogP contribution in [0.25, 0.3) is 0 Å². The number of carbonyl (C=O) groups is 1. The Kier molecular flexibility index (Phi) is 7.74. The summed E-state index contributed by atoms with van der Waals surface area (Å²) in [6.45, 7) is 4.67. The zero-order valence-electron chi connectivity index (χ0n) is 14.3. The first-order valence-corrected chi connectivity index (χ1v) is 8.88. The summed E-state index contributed by atoms with van der Waals surface area (Å²) in [6.07, 6.45) is 0. The predicted molar refractivity (Wildman–Crippen MR) is 99.4 cm³/mol. The number of benzene rings is 2. The van der Waals surface area contributed by atoms with E-state index in [1.165, 1.54) is 11.8 Å². The fourth-order valence-electron chi connectivity index (χ4n) is 1.90. The van der Waals surface area contributed by atoms with E-state index in [0.717, 1.165) is 16.4 Å². The van der Waals surface area contributed by atoms with E-state index in [1.54, 1.807) is 31.2 Å². The van der Waals surface area contributed by atoms with Gasteiger partial charge in [0.1, 0.15) is 23.9 Å². The zero-order valence-corrected chi connectivity index (χ0v) is 15.1. The molecule has 130 valence electrons. The van der Waals surface area contributed by atoms with Gasteiger partial charge in [-0.1, -0.05) is 5.92 Å². The Bertz CT molecular complexity index is 727. The van der Waals surface area contributed by atoms with Gasteiger partial charge < -0.3 is 14.2 Å². The van der Waals surface area contributed by atoms with Gasteiger partial charge in [-0.2, -0.15) is 0 Å². The van der Waals surface area contributed by atoms with Crippen LogP contribution in [0.2, 0.25) is 0 Å². The van der Waals surface area contributed by atoms with E-state index in [2.05, 4.69) is 11.8 Å². The topological polar surface area (TPSA) is 44.8 Å². The lowest BCUT2D eigenvalue weighted by Gasteiger charge is -2.07. The van der Waals surface area contributed by atoms with E-state index < -0.39 is 0 Å². The van der Waals surface area contributed by atoms with Gasteiger partial charge in [-0.3, -0.25) is 4.79 Å². The number of ether oxygens (including phenoxy) is 3. The molecule has 0 saturated carbocycles. The minimum atomic E-state index is -0.298. The molecule has 4 nitrogen and oxygen atoms in total. The standard InChI is InChI=1S/C20H20O4S/c1-3-5-14-23-17-10-12-19(13-11-17)25-15-20(21)24-18-8-6-16(7-9-18)22-4-2/h6-13H,4,14-15H2,1-2H3. The maximum Gasteiger partial charge on any atom is 0.321 e. The van der Waals surface area contributed by atoms with Crippen LogP contribution in [0.5, 0.6) is 17.2 Å². The number of rotatable bonds is 8. The van der Waals surface area contributed by atoms with Gasteiger partial charge in [0, 0.05) is 4.90 Å². The molecule has 0 aromatic heterocycles. The lowest BCUT2D eigenvalue weighted by molar-refractivity contribution is -0.131. The van der Waals surface area contributed by atoms with Gasteiger partial charge in [-0.25, -0.2) is 0 Å². The normalized spacial score (nSPS) is 9.68. The summed E-state index contributed by atoms with van der Waals surface area (Å²) in [4.78, 5) is 12.9. The number of hydrogen-bond donors (Lipinski definition) is 0. The van der Waals surface area contributed by atoms with Gasteiger partial charge in [0.15, 0.2) is 0 Å². The average molecular weight is 356 g/mol. The van der Waals surface area contributed by atoms with Crippen LogP contribution in [0, 0.1) is 11.8 Å². The van der Waals surface area contributed by atoms with Crippen molar-refractivity contribution in [3.63, 3.8) is 0 Å². The molecule has 0 aliphatic heterocycles. The second kappa shape index (κ2) is 10.3. The summed E-state index contributed by atoms with van der Waals surface area (Å²) >= 11 is 1.41. The summed E-state index contributed by atoms with van der Waals surface area (Å²) in [5, 5.41) is 0. The minimum absolute atomic E-state index is 0.231. The molecular weight excluding hydrogens is 336 g/mol. The molecular formula is C20H20O4S. The first kappa shape index (κ1) is 18.8. The smallest absolute Gasteiger partial charge is 0.321 e. The highest BCUT2D eigenvalue weighted by atomic mass is 32.2. The third-order valence-electron chi connectivity index (χ3n) is 3.03. The summed E-state index contributed by atoms with van der Waals surface area (Å²) < 4.78 is 16.1. The van der Waals surface area contributed by atoms with Gasteiger partial charge in [-0.15, -0.1) is 17.7 Å².